The molecule has 19 heavy (non-hydrogen) atoms. The van der Waals surface area contributed by atoms with Crippen LogP contribution in [0.3, 0.4) is 0 Å². The Hall–Kier alpha value is -0.120. The molecule has 0 aromatic rings. The third-order valence-electron chi connectivity index (χ3n) is 5.33. The summed E-state index contributed by atoms with van der Waals surface area (Å²) in [4.78, 5) is 5.30. The van der Waals surface area contributed by atoms with Crippen LogP contribution in [-0.4, -0.2) is 54.6 Å². The van der Waals surface area contributed by atoms with Gasteiger partial charge in [0, 0.05) is 44.8 Å². The summed E-state index contributed by atoms with van der Waals surface area (Å²) in [5, 5.41) is 0. The number of hydrogen-bond acceptors (Lipinski definition) is 3. The smallest absolute Gasteiger partial charge is 0.0113 e. The number of nitrogens with two attached hydrogens (primary N) is 1. The maximum atomic E-state index is 6.36. The van der Waals surface area contributed by atoms with Crippen LogP contribution in [0.1, 0.15) is 52.4 Å². The van der Waals surface area contributed by atoms with Crippen molar-refractivity contribution in [3.05, 3.63) is 0 Å². The van der Waals surface area contributed by atoms with Gasteiger partial charge in [-0.1, -0.05) is 26.2 Å². The van der Waals surface area contributed by atoms with Crippen molar-refractivity contribution in [2.24, 2.45) is 11.7 Å². The van der Waals surface area contributed by atoms with Crippen molar-refractivity contribution in [1.82, 2.24) is 9.80 Å². The van der Waals surface area contributed by atoms with Crippen LogP contribution in [0.25, 0.3) is 0 Å². The fourth-order valence-electron chi connectivity index (χ4n) is 3.62. The van der Waals surface area contributed by atoms with E-state index in [4.69, 9.17) is 5.73 Å². The Morgan fingerprint density at radius 1 is 1.05 bits per heavy atom. The molecule has 0 spiro atoms. The van der Waals surface area contributed by atoms with Gasteiger partial charge in [-0.15, -0.1) is 0 Å². The minimum absolute atomic E-state index is 0.454. The second kappa shape index (κ2) is 7.61. The van der Waals surface area contributed by atoms with Crippen molar-refractivity contribution in [3.8, 4) is 0 Å². The average Bonchev–Trinajstić information content (AvgIpc) is 2.64. The van der Waals surface area contributed by atoms with Crippen LogP contribution in [0, 0.1) is 5.92 Å². The summed E-state index contributed by atoms with van der Waals surface area (Å²) in [5.41, 5.74) is 6.36. The predicted molar refractivity (Wildman–Crippen MR) is 82.3 cm³/mol. The highest BCUT2D eigenvalue weighted by Gasteiger charge is 2.25. The number of nitrogens with zero attached hydrogens (tertiary/aromatic N) is 2. The van der Waals surface area contributed by atoms with E-state index in [1.54, 1.807) is 0 Å². The van der Waals surface area contributed by atoms with Crippen molar-refractivity contribution >= 4 is 0 Å². The summed E-state index contributed by atoms with van der Waals surface area (Å²) in [5.74, 6) is 0.748. The number of hydrogen-bond donors (Lipinski definition) is 1. The van der Waals surface area contributed by atoms with Crippen molar-refractivity contribution < 1.29 is 0 Å². The second-order valence-corrected chi connectivity index (χ2v) is 6.66. The van der Waals surface area contributed by atoms with E-state index >= 15 is 0 Å². The lowest BCUT2D eigenvalue weighted by atomic mass is 9.94. The van der Waals surface area contributed by atoms with E-state index in [1.807, 2.05) is 0 Å². The van der Waals surface area contributed by atoms with Crippen LogP contribution in [0.2, 0.25) is 0 Å². The summed E-state index contributed by atoms with van der Waals surface area (Å²) in [6, 6.07) is 1.21. The molecule has 2 rings (SSSR count). The van der Waals surface area contributed by atoms with E-state index in [1.165, 1.54) is 71.2 Å². The zero-order chi connectivity index (χ0) is 13.7. The maximum Gasteiger partial charge on any atom is 0.0113 e. The monoisotopic (exact) mass is 267 g/mol. The molecule has 112 valence electrons. The van der Waals surface area contributed by atoms with Gasteiger partial charge in [0.15, 0.2) is 0 Å². The van der Waals surface area contributed by atoms with Crippen LogP contribution < -0.4 is 5.73 Å². The van der Waals surface area contributed by atoms with Gasteiger partial charge < -0.3 is 10.6 Å². The van der Waals surface area contributed by atoms with Crippen molar-refractivity contribution in [3.63, 3.8) is 0 Å². The highest BCUT2D eigenvalue weighted by Crippen LogP contribution is 2.23. The van der Waals surface area contributed by atoms with Gasteiger partial charge in [-0.25, -0.2) is 0 Å². The lowest BCUT2D eigenvalue weighted by Crippen LogP contribution is -2.51. The summed E-state index contributed by atoms with van der Waals surface area (Å²) in [6.07, 6.45) is 8.01. The summed E-state index contributed by atoms with van der Waals surface area (Å²) < 4.78 is 0. The summed E-state index contributed by atoms with van der Waals surface area (Å²) >= 11 is 0. The molecule has 0 aromatic carbocycles. The Balaban J connectivity index is 1.75. The Morgan fingerprint density at radius 2 is 1.74 bits per heavy atom. The summed E-state index contributed by atoms with van der Waals surface area (Å²) in [7, 11) is 0. The van der Waals surface area contributed by atoms with Crippen LogP contribution in [-0.2, 0) is 0 Å². The molecule has 3 heteroatoms. The second-order valence-electron chi connectivity index (χ2n) is 6.66. The first-order chi connectivity index (χ1) is 9.20. The summed E-state index contributed by atoms with van der Waals surface area (Å²) in [6.45, 7) is 10.9. The van der Waals surface area contributed by atoms with Gasteiger partial charge in [0.25, 0.3) is 0 Å². The van der Waals surface area contributed by atoms with Crippen LogP contribution in [0.15, 0.2) is 0 Å². The quantitative estimate of drug-likeness (QED) is 0.793. The third-order valence-corrected chi connectivity index (χ3v) is 5.33. The van der Waals surface area contributed by atoms with E-state index in [0.29, 0.717) is 6.04 Å². The Bertz CT molecular complexity index is 248. The van der Waals surface area contributed by atoms with Gasteiger partial charge in [-0.05, 0) is 32.1 Å². The normalized spacial score (nSPS) is 33.0. The molecule has 1 aliphatic heterocycles. The molecular weight excluding hydrogens is 234 g/mol. The zero-order valence-electron chi connectivity index (χ0n) is 13.0. The molecule has 2 fully saturated rings. The van der Waals surface area contributed by atoms with Gasteiger partial charge in [0.05, 0.1) is 0 Å². The molecule has 1 heterocycles. The topological polar surface area (TPSA) is 32.5 Å². The molecule has 0 radical (unpaired) electrons. The Morgan fingerprint density at radius 3 is 2.42 bits per heavy atom. The van der Waals surface area contributed by atoms with Crippen LogP contribution in [0.5, 0.6) is 0 Å². The minimum Gasteiger partial charge on any atom is -0.327 e. The standard InChI is InChI=1S/C16H33N3/c1-3-14(2)19-11-9-18(10-12-19)13-15-7-5-4-6-8-16(15)17/h14-16H,3-13,17H2,1-2H3. The molecule has 2 aliphatic rings. The van der Waals surface area contributed by atoms with Crippen molar-refractivity contribution in [2.45, 2.75) is 64.5 Å². The molecule has 3 unspecified atom stereocenters. The maximum absolute atomic E-state index is 6.36. The van der Waals surface area contributed by atoms with Gasteiger partial charge in [0.1, 0.15) is 0 Å². The SMILES string of the molecule is CCC(C)N1CCN(CC2CCCCCC2N)CC1. The molecule has 1 saturated heterocycles. The molecule has 2 N–H and O–H groups in total. The van der Waals surface area contributed by atoms with Crippen LogP contribution in [0.4, 0.5) is 0 Å². The van der Waals surface area contributed by atoms with Gasteiger partial charge >= 0.3 is 0 Å². The van der Waals surface area contributed by atoms with E-state index in [0.717, 1.165) is 12.0 Å². The minimum atomic E-state index is 0.454. The highest BCUT2D eigenvalue weighted by molar-refractivity contribution is 4.82. The number of piperazine rings is 1. The fourth-order valence-corrected chi connectivity index (χ4v) is 3.62. The van der Waals surface area contributed by atoms with E-state index in [2.05, 4.69) is 23.6 Å². The van der Waals surface area contributed by atoms with Gasteiger partial charge in [0.2, 0.25) is 0 Å². The first kappa shape index (κ1) is 15.3. The molecule has 1 aliphatic carbocycles. The predicted octanol–water partition coefficient (Wildman–Crippen LogP) is 2.31. The first-order valence-corrected chi connectivity index (χ1v) is 8.42. The van der Waals surface area contributed by atoms with Gasteiger partial charge in [-0.2, -0.15) is 0 Å². The van der Waals surface area contributed by atoms with E-state index < -0.39 is 0 Å². The van der Waals surface area contributed by atoms with Crippen LogP contribution >= 0.6 is 0 Å². The lowest BCUT2D eigenvalue weighted by Gasteiger charge is -2.39. The third kappa shape index (κ3) is 4.44. The molecule has 0 bridgehead atoms. The molecule has 3 atom stereocenters. The van der Waals surface area contributed by atoms with Crippen molar-refractivity contribution in [2.75, 3.05) is 32.7 Å². The van der Waals surface area contributed by atoms with E-state index in [-0.39, 0.29) is 0 Å². The Labute approximate surface area is 119 Å². The zero-order valence-corrected chi connectivity index (χ0v) is 13.0. The largest absolute Gasteiger partial charge is 0.327 e. The van der Waals surface area contributed by atoms with Crippen molar-refractivity contribution in [1.29, 1.82) is 0 Å². The molecular formula is C16H33N3. The molecule has 0 amide bonds. The fraction of sp³-hybridized carbons (Fsp3) is 1.00. The highest BCUT2D eigenvalue weighted by atomic mass is 15.3. The molecule has 0 aromatic heterocycles. The molecule has 3 nitrogen and oxygen atoms in total. The average molecular weight is 267 g/mol. The van der Waals surface area contributed by atoms with Gasteiger partial charge in [-0.3, -0.25) is 4.90 Å². The number of rotatable bonds is 4. The Kier molecular flexibility index (Phi) is 6.11. The first-order valence-electron chi connectivity index (χ1n) is 8.42. The van der Waals surface area contributed by atoms with E-state index in [9.17, 15) is 0 Å². The molecule has 1 saturated carbocycles. The lowest BCUT2D eigenvalue weighted by molar-refractivity contribution is 0.0855.